The predicted octanol–water partition coefficient (Wildman–Crippen LogP) is 15.1. The summed E-state index contributed by atoms with van der Waals surface area (Å²) in [4.78, 5) is 28.8. The predicted molar refractivity (Wildman–Crippen MR) is 257 cm³/mol. The molecule has 7 heteroatoms. The molecule has 0 aliphatic carbocycles. The Balaban J connectivity index is 4.56. The highest BCUT2D eigenvalue weighted by Crippen LogP contribution is 2.23. The number of carbonyl (C=O) groups is 2. The van der Waals surface area contributed by atoms with Crippen LogP contribution >= 0.6 is 0 Å². The van der Waals surface area contributed by atoms with Crippen molar-refractivity contribution in [1.29, 1.82) is 0 Å². The summed E-state index contributed by atoms with van der Waals surface area (Å²) in [5, 5.41) is 9.08. The summed E-state index contributed by atoms with van der Waals surface area (Å²) in [5.41, 5.74) is 0. The average molecular weight is 852 g/mol. The van der Waals surface area contributed by atoms with Gasteiger partial charge in [-0.25, -0.2) is 0 Å². The third-order valence-corrected chi connectivity index (χ3v) is 12.5. The van der Waals surface area contributed by atoms with Crippen LogP contribution in [0.15, 0.2) is 0 Å². The zero-order valence-electron chi connectivity index (χ0n) is 40.9. The molecule has 0 amide bonds. The van der Waals surface area contributed by atoms with Gasteiger partial charge in [-0.05, 0) is 70.9 Å². The summed E-state index contributed by atoms with van der Waals surface area (Å²) in [6.45, 7) is 14.5. The van der Waals surface area contributed by atoms with Gasteiger partial charge in [-0.2, -0.15) is 0 Å². The Hall–Kier alpha value is -1.18. The van der Waals surface area contributed by atoms with Gasteiger partial charge in [0.25, 0.3) is 0 Å². The minimum absolute atomic E-state index is 0.0565. The molecular formula is C53H105NO6. The summed E-state index contributed by atoms with van der Waals surface area (Å²) < 4.78 is 17.3. The van der Waals surface area contributed by atoms with E-state index in [2.05, 4.69) is 32.6 Å². The molecule has 0 atom stereocenters. The zero-order chi connectivity index (χ0) is 43.8. The molecular weight excluding hydrogens is 747 g/mol. The minimum atomic E-state index is 0.0565. The van der Waals surface area contributed by atoms with Crippen molar-refractivity contribution >= 4 is 11.9 Å². The van der Waals surface area contributed by atoms with Crippen LogP contribution in [0, 0.1) is 11.8 Å². The topological polar surface area (TPSA) is 85.3 Å². The molecule has 0 spiro atoms. The molecule has 0 radical (unpaired) electrons. The van der Waals surface area contributed by atoms with Gasteiger partial charge in [0.1, 0.15) is 0 Å². The quantitative estimate of drug-likeness (QED) is 0.0482. The number of hydrogen-bond acceptors (Lipinski definition) is 7. The largest absolute Gasteiger partial charge is 0.465 e. The number of unbranched alkanes of at least 4 members (excludes halogenated alkanes) is 26. The SMILES string of the molecule is CCCCCCCCC(CCCCCCCC)C(=O)OCCCCCCN(CCCCCCOC(=O)C(CCCCCCCC)CCCCCCCC)CCCOCCO. The lowest BCUT2D eigenvalue weighted by Gasteiger charge is -2.22. The van der Waals surface area contributed by atoms with Crippen molar-refractivity contribution in [3.05, 3.63) is 0 Å². The van der Waals surface area contributed by atoms with Gasteiger partial charge in [0.15, 0.2) is 0 Å². The van der Waals surface area contributed by atoms with Crippen LogP contribution in [0.25, 0.3) is 0 Å². The molecule has 7 nitrogen and oxygen atoms in total. The first-order valence-electron chi connectivity index (χ1n) is 26.8. The van der Waals surface area contributed by atoms with Crippen molar-refractivity contribution in [1.82, 2.24) is 4.90 Å². The molecule has 0 aromatic heterocycles. The normalized spacial score (nSPS) is 11.7. The van der Waals surface area contributed by atoms with Crippen molar-refractivity contribution < 1.29 is 28.9 Å². The Morgan fingerprint density at radius 3 is 1.02 bits per heavy atom. The van der Waals surface area contributed by atoms with Crippen LogP contribution in [0.2, 0.25) is 0 Å². The Morgan fingerprint density at radius 2 is 0.667 bits per heavy atom. The van der Waals surface area contributed by atoms with E-state index in [1.165, 1.54) is 128 Å². The standard InChI is InChI=1S/C53H105NO6/c1-5-9-13-17-21-29-38-50(39-30-22-18-14-10-6-2)52(56)59-47-35-27-25-33-42-54(44-37-46-58-49-45-55)43-34-26-28-36-48-60-53(57)51(40-31-23-19-15-11-7-3)41-32-24-20-16-12-8-4/h50-51,55H,5-49H2,1-4H3. The molecule has 0 bridgehead atoms. The number of ether oxygens (including phenoxy) is 3. The van der Waals surface area contributed by atoms with E-state index in [-0.39, 0.29) is 30.4 Å². The maximum Gasteiger partial charge on any atom is 0.308 e. The highest BCUT2D eigenvalue weighted by Gasteiger charge is 2.20. The van der Waals surface area contributed by atoms with Gasteiger partial charge in [0, 0.05) is 13.2 Å². The fraction of sp³-hybridized carbons (Fsp3) is 0.962. The van der Waals surface area contributed by atoms with Gasteiger partial charge < -0.3 is 24.2 Å². The fourth-order valence-corrected chi connectivity index (χ4v) is 8.50. The first-order valence-corrected chi connectivity index (χ1v) is 26.8. The second-order valence-corrected chi connectivity index (χ2v) is 18.3. The summed E-state index contributed by atoms with van der Waals surface area (Å²) in [5.74, 6) is 0.278. The molecule has 358 valence electrons. The van der Waals surface area contributed by atoms with Crippen LogP contribution in [0.1, 0.15) is 265 Å². The first-order chi connectivity index (χ1) is 29.5. The van der Waals surface area contributed by atoms with Gasteiger partial charge in [0.05, 0.1) is 38.3 Å². The number of hydrogen-bond donors (Lipinski definition) is 1. The summed E-state index contributed by atoms with van der Waals surface area (Å²) >= 11 is 0. The van der Waals surface area contributed by atoms with Gasteiger partial charge in [-0.1, -0.05) is 207 Å². The van der Waals surface area contributed by atoms with Crippen molar-refractivity contribution in [2.45, 2.75) is 265 Å². The Labute approximate surface area is 374 Å². The molecule has 0 aliphatic heterocycles. The van der Waals surface area contributed by atoms with E-state index >= 15 is 0 Å². The molecule has 0 aromatic carbocycles. The molecule has 0 heterocycles. The maximum absolute atomic E-state index is 13.1. The third-order valence-electron chi connectivity index (χ3n) is 12.5. The zero-order valence-corrected chi connectivity index (χ0v) is 40.9. The number of carbonyl (C=O) groups excluding carboxylic acids is 2. The smallest absolute Gasteiger partial charge is 0.308 e. The van der Waals surface area contributed by atoms with Crippen molar-refractivity contribution in [3.8, 4) is 0 Å². The molecule has 0 aliphatic rings. The molecule has 0 saturated heterocycles. The molecule has 0 rings (SSSR count). The van der Waals surface area contributed by atoms with Gasteiger partial charge in [0.2, 0.25) is 0 Å². The number of aliphatic hydroxyl groups is 1. The van der Waals surface area contributed by atoms with Crippen LogP contribution in [0.4, 0.5) is 0 Å². The van der Waals surface area contributed by atoms with E-state index in [9.17, 15) is 9.59 Å². The van der Waals surface area contributed by atoms with Crippen LogP contribution < -0.4 is 0 Å². The van der Waals surface area contributed by atoms with E-state index in [0.29, 0.717) is 26.4 Å². The van der Waals surface area contributed by atoms with Crippen molar-refractivity contribution in [3.63, 3.8) is 0 Å². The average Bonchev–Trinajstić information content (AvgIpc) is 3.25. The molecule has 60 heavy (non-hydrogen) atoms. The first kappa shape index (κ1) is 58.8. The number of rotatable bonds is 50. The lowest BCUT2D eigenvalue weighted by Crippen LogP contribution is -2.28. The van der Waals surface area contributed by atoms with E-state index < -0.39 is 0 Å². The second kappa shape index (κ2) is 48.8. The van der Waals surface area contributed by atoms with Crippen LogP contribution in [0.3, 0.4) is 0 Å². The summed E-state index contributed by atoms with van der Waals surface area (Å²) in [6, 6.07) is 0. The van der Waals surface area contributed by atoms with Crippen molar-refractivity contribution in [2.24, 2.45) is 11.8 Å². The van der Waals surface area contributed by atoms with E-state index in [1.807, 2.05) is 0 Å². The van der Waals surface area contributed by atoms with Crippen LogP contribution in [0.5, 0.6) is 0 Å². The number of nitrogens with zero attached hydrogens (tertiary/aromatic N) is 1. The van der Waals surface area contributed by atoms with Gasteiger partial charge in [-0.3, -0.25) is 9.59 Å². The van der Waals surface area contributed by atoms with Gasteiger partial charge in [-0.15, -0.1) is 0 Å². The Morgan fingerprint density at radius 1 is 0.367 bits per heavy atom. The van der Waals surface area contributed by atoms with Crippen molar-refractivity contribution in [2.75, 3.05) is 52.7 Å². The highest BCUT2D eigenvalue weighted by molar-refractivity contribution is 5.72. The molecule has 0 fully saturated rings. The lowest BCUT2D eigenvalue weighted by atomic mass is 9.94. The lowest BCUT2D eigenvalue weighted by molar-refractivity contribution is -0.150. The molecule has 1 N–H and O–H groups in total. The molecule has 0 aromatic rings. The third kappa shape index (κ3) is 40.9. The van der Waals surface area contributed by atoms with E-state index in [4.69, 9.17) is 19.3 Å². The molecule has 0 unspecified atom stereocenters. The highest BCUT2D eigenvalue weighted by atomic mass is 16.5. The Bertz CT molecular complexity index is 776. The minimum Gasteiger partial charge on any atom is -0.465 e. The van der Waals surface area contributed by atoms with E-state index in [0.717, 1.165) is 129 Å². The van der Waals surface area contributed by atoms with Gasteiger partial charge >= 0.3 is 11.9 Å². The second-order valence-electron chi connectivity index (χ2n) is 18.3. The number of esters is 2. The van der Waals surface area contributed by atoms with Crippen LogP contribution in [-0.2, 0) is 23.8 Å². The fourth-order valence-electron chi connectivity index (χ4n) is 8.50. The number of aliphatic hydroxyl groups excluding tert-OH is 1. The maximum atomic E-state index is 13.1. The molecule has 0 saturated carbocycles. The Kier molecular flexibility index (Phi) is 47.9. The monoisotopic (exact) mass is 852 g/mol. The van der Waals surface area contributed by atoms with Crippen LogP contribution in [-0.4, -0.2) is 74.6 Å². The summed E-state index contributed by atoms with van der Waals surface area (Å²) in [6.07, 6.45) is 44.0. The van der Waals surface area contributed by atoms with E-state index in [1.54, 1.807) is 0 Å². The summed E-state index contributed by atoms with van der Waals surface area (Å²) in [7, 11) is 0.